The molecule has 3 rings (SSSR count). The topological polar surface area (TPSA) is 117 Å². The molecule has 0 aliphatic carbocycles. The molecule has 1 heterocycles. The summed E-state index contributed by atoms with van der Waals surface area (Å²) in [4.78, 5) is 24.1. The summed E-state index contributed by atoms with van der Waals surface area (Å²) in [7, 11) is -3.98. The molecule has 0 radical (unpaired) electrons. The highest BCUT2D eigenvalue weighted by Crippen LogP contribution is 2.24. The van der Waals surface area contributed by atoms with E-state index < -0.39 is 21.6 Å². The van der Waals surface area contributed by atoms with Crippen molar-refractivity contribution >= 4 is 42.9 Å². The van der Waals surface area contributed by atoms with Crippen LogP contribution >= 0.6 is 15.9 Å². The number of hydrogen-bond donors (Lipinski definition) is 1. The van der Waals surface area contributed by atoms with E-state index in [1.165, 1.54) is 18.2 Å². The molecule has 0 fully saturated rings. The number of sulfonamides is 1. The van der Waals surface area contributed by atoms with E-state index in [0.29, 0.717) is 27.7 Å². The number of ether oxygens (including phenoxy) is 1. The molecule has 0 unspecified atom stereocenters. The molecule has 9 heteroatoms. The zero-order chi connectivity index (χ0) is 20.6. The highest BCUT2D eigenvalue weighted by atomic mass is 79.9. The molecule has 28 heavy (non-hydrogen) atoms. The predicted octanol–water partition coefficient (Wildman–Crippen LogP) is 3.18. The average Bonchev–Trinajstić information content (AvgIpc) is 2.59. The summed E-state index contributed by atoms with van der Waals surface area (Å²) >= 11 is 3.30. The molecule has 0 spiro atoms. The Labute approximate surface area is 169 Å². The second-order valence-corrected chi connectivity index (χ2v) is 8.71. The van der Waals surface area contributed by atoms with Crippen LogP contribution in [0.15, 0.2) is 55.0 Å². The Balaban J connectivity index is 1.93. The zero-order valence-corrected chi connectivity index (χ0v) is 17.4. The summed E-state index contributed by atoms with van der Waals surface area (Å²) in [5.41, 5.74) is 1.38. The third-order valence-corrected chi connectivity index (χ3v) is 5.84. The van der Waals surface area contributed by atoms with Crippen LogP contribution in [0.1, 0.15) is 27.0 Å². The van der Waals surface area contributed by atoms with Crippen LogP contribution in [0.2, 0.25) is 0 Å². The van der Waals surface area contributed by atoms with Gasteiger partial charge in [-0.05, 0) is 55.3 Å². The van der Waals surface area contributed by atoms with Gasteiger partial charge in [0, 0.05) is 21.5 Å². The summed E-state index contributed by atoms with van der Waals surface area (Å²) in [5.74, 6) is -0.730. The molecule has 0 saturated carbocycles. The summed E-state index contributed by atoms with van der Waals surface area (Å²) in [5, 5.41) is 5.85. The van der Waals surface area contributed by atoms with E-state index >= 15 is 0 Å². The van der Waals surface area contributed by atoms with Crippen molar-refractivity contribution in [3.63, 3.8) is 0 Å². The molecule has 0 atom stereocenters. The molecule has 0 amide bonds. The van der Waals surface area contributed by atoms with E-state index in [9.17, 15) is 18.0 Å². The zero-order valence-electron chi connectivity index (χ0n) is 15.0. The molecule has 146 valence electrons. The van der Waals surface area contributed by atoms with Crippen LogP contribution in [-0.2, 0) is 21.4 Å². The van der Waals surface area contributed by atoms with E-state index in [4.69, 9.17) is 14.3 Å². The van der Waals surface area contributed by atoms with Gasteiger partial charge in [0.15, 0.2) is 0 Å². The standard InChI is InChI=1S/C19H16BrNO6S/c1-10-5-12(6-17(11(10)2)28(21,24)25)19(23)26-9-13-7-18(22)27-16-8-14(20)3-4-15(13)16/h3-8H,9H2,1-2H3,(H2,21,24,25). The fraction of sp³-hybridized carbons (Fsp3) is 0.158. The first kappa shape index (κ1) is 20.2. The molecule has 2 N–H and O–H groups in total. The first-order valence-corrected chi connectivity index (χ1v) is 10.4. The molecule has 0 bridgehead atoms. The Morgan fingerprint density at radius 2 is 1.89 bits per heavy atom. The van der Waals surface area contributed by atoms with Gasteiger partial charge in [0.1, 0.15) is 12.2 Å². The molecular formula is C19H16BrNO6S. The second kappa shape index (κ2) is 7.50. The fourth-order valence-corrected chi connectivity index (χ4v) is 4.01. The van der Waals surface area contributed by atoms with Gasteiger partial charge in [-0.1, -0.05) is 15.9 Å². The van der Waals surface area contributed by atoms with Crippen molar-refractivity contribution in [3.05, 3.63) is 73.5 Å². The first-order valence-electron chi connectivity index (χ1n) is 8.10. The molecule has 0 aliphatic heterocycles. The smallest absolute Gasteiger partial charge is 0.338 e. The number of carbonyl (C=O) groups is 1. The van der Waals surface area contributed by atoms with Gasteiger partial charge >= 0.3 is 11.6 Å². The monoisotopic (exact) mass is 465 g/mol. The Kier molecular flexibility index (Phi) is 5.42. The average molecular weight is 466 g/mol. The van der Waals surface area contributed by atoms with Crippen LogP contribution in [0.4, 0.5) is 0 Å². The number of rotatable bonds is 4. The van der Waals surface area contributed by atoms with Gasteiger partial charge in [0.05, 0.1) is 10.5 Å². The number of hydrogen-bond acceptors (Lipinski definition) is 6. The van der Waals surface area contributed by atoms with Crippen molar-refractivity contribution in [2.45, 2.75) is 25.3 Å². The highest BCUT2D eigenvalue weighted by molar-refractivity contribution is 9.10. The highest BCUT2D eigenvalue weighted by Gasteiger charge is 2.19. The minimum atomic E-state index is -3.98. The minimum absolute atomic E-state index is 0.0575. The number of fused-ring (bicyclic) bond motifs is 1. The molecule has 1 aromatic heterocycles. The van der Waals surface area contributed by atoms with Crippen LogP contribution in [0.5, 0.6) is 0 Å². The van der Waals surface area contributed by atoms with E-state index in [0.717, 1.165) is 4.47 Å². The number of primary sulfonamides is 1. The van der Waals surface area contributed by atoms with Crippen molar-refractivity contribution in [1.82, 2.24) is 0 Å². The molecule has 2 aromatic carbocycles. The Bertz CT molecular complexity index is 1260. The van der Waals surface area contributed by atoms with Crippen molar-refractivity contribution in [2.75, 3.05) is 0 Å². The van der Waals surface area contributed by atoms with Gasteiger partial charge in [-0.15, -0.1) is 0 Å². The van der Waals surface area contributed by atoms with Crippen LogP contribution < -0.4 is 10.8 Å². The number of halogens is 1. The minimum Gasteiger partial charge on any atom is -0.457 e. The molecule has 3 aromatic rings. The maximum atomic E-state index is 12.5. The van der Waals surface area contributed by atoms with Gasteiger partial charge in [-0.25, -0.2) is 23.1 Å². The number of carbonyl (C=O) groups excluding carboxylic acids is 1. The number of benzene rings is 2. The van der Waals surface area contributed by atoms with Crippen molar-refractivity contribution in [2.24, 2.45) is 5.14 Å². The van der Waals surface area contributed by atoms with Crippen LogP contribution in [0, 0.1) is 13.8 Å². The van der Waals surface area contributed by atoms with Crippen molar-refractivity contribution in [1.29, 1.82) is 0 Å². The van der Waals surface area contributed by atoms with Gasteiger partial charge in [0.25, 0.3) is 0 Å². The quantitative estimate of drug-likeness (QED) is 0.466. The van der Waals surface area contributed by atoms with Crippen LogP contribution in [0.3, 0.4) is 0 Å². The van der Waals surface area contributed by atoms with E-state index in [-0.39, 0.29) is 17.1 Å². The Hall–Kier alpha value is -2.49. The second-order valence-electron chi connectivity index (χ2n) is 6.27. The molecule has 0 saturated heterocycles. The Morgan fingerprint density at radius 3 is 2.57 bits per heavy atom. The van der Waals surface area contributed by atoms with E-state index in [1.807, 2.05) is 0 Å². The number of nitrogens with two attached hydrogens (primary N) is 1. The van der Waals surface area contributed by atoms with E-state index in [1.54, 1.807) is 32.0 Å². The maximum Gasteiger partial charge on any atom is 0.338 e. The number of esters is 1. The predicted molar refractivity (Wildman–Crippen MR) is 107 cm³/mol. The van der Waals surface area contributed by atoms with Gasteiger partial charge in [0.2, 0.25) is 10.0 Å². The lowest BCUT2D eigenvalue weighted by molar-refractivity contribution is 0.0473. The lowest BCUT2D eigenvalue weighted by atomic mass is 10.1. The summed E-state index contributed by atoms with van der Waals surface area (Å²) in [6.07, 6.45) is 0. The van der Waals surface area contributed by atoms with Gasteiger partial charge < -0.3 is 9.15 Å². The lowest BCUT2D eigenvalue weighted by Crippen LogP contribution is -2.16. The van der Waals surface area contributed by atoms with E-state index in [2.05, 4.69) is 15.9 Å². The van der Waals surface area contributed by atoms with Crippen molar-refractivity contribution < 1.29 is 22.4 Å². The lowest BCUT2D eigenvalue weighted by Gasteiger charge is -2.11. The van der Waals surface area contributed by atoms with Crippen molar-refractivity contribution in [3.8, 4) is 0 Å². The fourth-order valence-electron chi connectivity index (χ4n) is 2.79. The SMILES string of the molecule is Cc1cc(C(=O)OCc2cc(=O)oc3cc(Br)ccc23)cc(S(N)(=O)=O)c1C. The maximum absolute atomic E-state index is 12.5. The number of aryl methyl sites for hydroxylation is 1. The summed E-state index contributed by atoms with van der Waals surface area (Å²) in [6.45, 7) is 3.10. The summed E-state index contributed by atoms with van der Waals surface area (Å²) in [6, 6.07) is 9.12. The first-order chi connectivity index (χ1) is 13.1. The molecule has 7 nitrogen and oxygen atoms in total. The summed E-state index contributed by atoms with van der Waals surface area (Å²) < 4.78 is 34.7. The van der Waals surface area contributed by atoms with Gasteiger partial charge in [-0.2, -0.15) is 0 Å². The molecular weight excluding hydrogens is 450 g/mol. The Morgan fingerprint density at radius 1 is 1.18 bits per heavy atom. The normalized spacial score (nSPS) is 11.6. The largest absolute Gasteiger partial charge is 0.457 e. The molecule has 0 aliphatic rings. The third kappa shape index (κ3) is 4.16. The van der Waals surface area contributed by atoms with Gasteiger partial charge in [-0.3, -0.25) is 0 Å². The third-order valence-electron chi connectivity index (χ3n) is 4.31. The van der Waals surface area contributed by atoms with Crippen LogP contribution in [-0.4, -0.2) is 14.4 Å². The van der Waals surface area contributed by atoms with Crippen LogP contribution in [0.25, 0.3) is 11.0 Å².